The van der Waals surface area contributed by atoms with Crippen molar-refractivity contribution in [2.24, 2.45) is 0 Å². The summed E-state index contributed by atoms with van der Waals surface area (Å²) in [6, 6.07) is 12.3. The molecule has 0 aliphatic heterocycles. The average Bonchev–Trinajstić information content (AvgIpc) is 3.20. The van der Waals surface area contributed by atoms with Gasteiger partial charge in [-0.15, -0.1) is 11.3 Å². The fraction of sp³-hybridized carbons (Fsp3) is 0.273. The van der Waals surface area contributed by atoms with E-state index in [1.807, 2.05) is 18.2 Å². The van der Waals surface area contributed by atoms with E-state index in [0.717, 1.165) is 10.2 Å². The van der Waals surface area contributed by atoms with Gasteiger partial charge < -0.3 is 10.1 Å². The van der Waals surface area contributed by atoms with Crippen LogP contribution in [0.1, 0.15) is 38.2 Å². The largest absolute Gasteiger partial charge is 0.492 e. The molecule has 0 unspecified atom stereocenters. The Balaban J connectivity index is 1.48. The number of anilines is 1. The van der Waals surface area contributed by atoms with Crippen molar-refractivity contribution in [3.8, 4) is 17.0 Å². The molecule has 3 aromatic rings. The lowest BCUT2D eigenvalue weighted by atomic mass is 10.0. The topological polar surface area (TPSA) is 94.4 Å². The molecule has 0 saturated carbocycles. The van der Waals surface area contributed by atoms with Crippen molar-refractivity contribution in [1.29, 1.82) is 0 Å². The first-order chi connectivity index (χ1) is 14.8. The molecule has 0 spiro atoms. The Hall–Kier alpha value is -2.78. The molecule has 0 aliphatic carbocycles. The monoisotopic (exact) mass is 503 g/mol. The van der Waals surface area contributed by atoms with Gasteiger partial charge in [0, 0.05) is 29.5 Å². The number of nitro groups is 1. The molecule has 0 bridgehead atoms. The van der Waals surface area contributed by atoms with Gasteiger partial charge in [-0.05, 0) is 46.0 Å². The van der Waals surface area contributed by atoms with E-state index in [0.29, 0.717) is 41.8 Å². The van der Waals surface area contributed by atoms with Crippen molar-refractivity contribution < 1.29 is 14.5 Å². The van der Waals surface area contributed by atoms with Gasteiger partial charge in [0.1, 0.15) is 5.75 Å². The Morgan fingerprint density at radius 2 is 2.10 bits per heavy atom. The zero-order valence-corrected chi connectivity index (χ0v) is 19.5. The Labute approximate surface area is 192 Å². The molecule has 31 heavy (non-hydrogen) atoms. The van der Waals surface area contributed by atoms with Gasteiger partial charge in [0.05, 0.1) is 21.7 Å². The third kappa shape index (κ3) is 6.35. The summed E-state index contributed by atoms with van der Waals surface area (Å²) < 4.78 is 6.67. The Morgan fingerprint density at radius 1 is 1.29 bits per heavy atom. The number of nitrogens with one attached hydrogen (secondary N) is 1. The molecule has 0 fully saturated rings. The van der Waals surface area contributed by atoms with Gasteiger partial charge in [0.15, 0.2) is 5.13 Å². The maximum absolute atomic E-state index is 12.2. The average molecular weight is 504 g/mol. The van der Waals surface area contributed by atoms with Gasteiger partial charge in [-0.3, -0.25) is 14.9 Å². The second kappa shape index (κ2) is 10.5. The normalized spacial score (nSPS) is 10.8. The first-order valence-electron chi connectivity index (χ1n) is 9.76. The third-order valence-electron chi connectivity index (χ3n) is 4.53. The van der Waals surface area contributed by atoms with E-state index in [2.05, 4.69) is 40.1 Å². The van der Waals surface area contributed by atoms with Crippen LogP contribution in [0.25, 0.3) is 11.3 Å². The van der Waals surface area contributed by atoms with Crippen molar-refractivity contribution in [3.63, 3.8) is 0 Å². The van der Waals surface area contributed by atoms with Crippen LogP contribution >= 0.6 is 27.3 Å². The summed E-state index contributed by atoms with van der Waals surface area (Å²) in [6.45, 7) is 4.69. The lowest BCUT2D eigenvalue weighted by Gasteiger charge is -2.11. The number of benzene rings is 2. The number of carbonyl (C=O) groups is 1. The van der Waals surface area contributed by atoms with Crippen LogP contribution in [0, 0.1) is 10.1 Å². The van der Waals surface area contributed by atoms with E-state index in [1.54, 1.807) is 17.5 Å². The minimum absolute atomic E-state index is 0.00145. The lowest BCUT2D eigenvalue weighted by Crippen LogP contribution is -2.12. The second-order valence-electron chi connectivity index (χ2n) is 7.19. The number of ether oxygens (including phenoxy) is 1. The predicted octanol–water partition coefficient (Wildman–Crippen LogP) is 6.40. The zero-order valence-electron chi connectivity index (χ0n) is 17.1. The van der Waals surface area contributed by atoms with Crippen molar-refractivity contribution in [1.82, 2.24) is 4.98 Å². The first-order valence-corrected chi connectivity index (χ1v) is 11.4. The number of hydrogen-bond donors (Lipinski definition) is 1. The highest BCUT2D eigenvalue weighted by molar-refractivity contribution is 9.10. The van der Waals surface area contributed by atoms with Gasteiger partial charge >= 0.3 is 0 Å². The van der Waals surface area contributed by atoms with E-state index in [-0.39, 0.29) is 11.6 Å². The second-order valence-corrected chi connectivity index (χ2v) is 8.90. The highest BCUT2D eigenvalue weighted by Crippen LogP contribution is 2.29. The summed E-state index contributed by atoms with van der Waals surface area (Å²) >= 11 is 4.80. The number of hydrogen-bond acceptors (Lipinski definition) is 6. The third-order valence-corrected chi connectivity index (χ3v) is 5.91. The molecular formula is C22H22BrN3O4S. The number of amides is 1. The van der Waals surface area contributed by atoms with E-state index in [4.69, 9.17) is 4.74 Å². The van der Waals surface area contributed by atoms with Crippen molar-refractivity contribution in [3.05, 3.63) is 68.0 Å². The van der Waals surface area contributed by atoms with Crippen LogP contribution in [0.3, 0.4) is 0 Å². The summed E-state index contributed by atoms with van der Waals surface area (Å²) in [6.07, 6.45) is 0.862. The summed E-state index contributed by atoms with van der Waals surface area (Å²) in [5.41, 5.74) is 2.45. The Morgan fingerprint density at radius 3 is 2.81 bits per heavy atom. The Kier molecular flexibility index (Phi) is 7.75. The van der Waals surface area contributed by atoms with Gasteiger partial charge in [-0.25, -0.2) is 4.98 Å². The molecule has 0 saturated heterocycles. The summed E-state index contributed by atoms with van der Waals surface area (Å²) in [5, 5.41) is 15.9. The van der Waals surface area contributed by atoms with Crippen LogP contribution in [0.4, 0.5) is 10.8 Å². The van der Waals surface area contributed by atoms with Crippen molar-refractivity contribution >= 4 is 44.0 Å². The number of nitro benzene ring substituents is 1. The molecular weight excluding hydrogens is 482 g/mol. The number of non-ortho nitro benzene ring substituents is 1. The van der Waals surface area contributed by atoms with E-state index >= 15 is 0 Å². The molecule has 1 N–H and O–H groups in total. The van der Waals surface area contributed by atoms with Gasteiger partial charge in [-0.2, -0.15) is 0 Å². The number of thiazole rings is 1. The molecule has 1 aromatic heterocycles. The molecule has 2 aromatic carbocycles. The minimum Gasteiger partial charge on any atom is -0.492 e. The molecule has 9 heteroatoms. The number of nitrogens with zero attached hydrogens (tertiary/aromatic N) is 2. The van der Waals surface area contributed by atoms with Gasteiger partial charge in [0.25, 0.3) is 5.69 Å². The molecule has 162 valence electrons. The van der Waals surface area contributed by atoms with Gasteiger partial charge in [-0.1, -0.05) is 32.0 Å². The van der Waals surface area contributed by atoms with E-state index in [1.165, 1.54) is 29.0 Å². The lowest BCUT2D eigenvalue weighted by molar-refractivity contribution is -0.384. The van der Waals surface area contributed by atoms with Crippen molar-refractivity contribution in [2.75, 3.05) is 11.9 Å². The van der Waals surface area contributed by atoms with E-state index < -0.39 is 4.92 Å². The number of halogens is 1. The molecule has 0 atom stereocenters. The molecule has 1 amide bonds. The van der Waals surface area contributed by atoms with Gasteiger partial charge in [0.2, 0.25) is 5.91 Å². The minimum atomic E-state index is -0.447. The maximum Gasteiger partial charge on any atom is 0.270 e. The SMILES string of the molecule is CC(C)c1ccc(OCCCC(=O)Nc2nc(-c3cccc([N+](=O)[O-])c3)cs2)c(Br)c1. The molecule has 3 rings (SSSR count). The van der Waals surface area contributed by atoms with Crippen LogP contribution in [0.5, 0.6) is 5.75 Å². The summed E-state index contributed by atoms with van der Waals surface area (Å²) in [4.78, 5) is 27.0. The number of aromatic nitrogens is 1. The fourth-order valence-electron chi connectivity index (χ4n) is 2.83. The smallest absolute Gasteiger partial charge is 0.270 e. The van der Waals surface area contributed by atoms with E-state index in [9.17, 15) is 14.9 Å². The number of rotatable bonds is 9. The maximum atomic E-state index is 12.2. The van der Waals surface area contributed by atoms with Crippen molar-refractivity contribution in [2.45, 2.75) is 32.6 Å². The fourth-order valence-corrected chi connectivity index (χ4v) is 4.08. The molecule has 1 heterocycles. The molecule has 7 nitrogen and oxygen atoms in total. The highest BCUT2D eigenvalue weighted by Gasteiger charge is 2.12. The quantitative estimate of drug-likeness (QED) is 0.207. The standard InChI is InChI=1S/C22H22BrN3O4S/c1-14(2)15-8-9-20(18(23)12-15)30-10-4-7-21(27)25-22-24-19(13-31-22)16-5-3-6-17(11-16)26(28)29/h3,5-6,8-9,11-14H,4,7,10H2,1-2H3,(H,24,25,27). The predicted molar refractivity (Wildman–Crippen MR) is 126 cm³/mol. The summed E-state index contributed by atoms with van der Waals surface area (Å²) in [5.74, 6) is 1.04. The molecule has 0 aliphatic rings. The number of carbonyl (C=O) groups excluding carboxylic acids is 1. The Bertz CT molecular complexity index is 1080. The molecule has 0 radical (unpaired) electrons. The van der Waals surface area contributed by atoms with Crippen LogP contribution < -0.4 is 10.1 Å². The van der Waals surface area contributed by atoms with Crippen LogP contribution in [0.15, 0.2) is 52.3 Å². The highest BCUT2D eigenvalue weighted by atomic mass is 79.9. The summed E-state index contributed by atoms with van der Waals surface area (Å²) in [7, 11) is 0. The van der Waals surface area contributed by atoms with Crippen LogP contribution in [0.2, 0.25) is 0 Å². The van der Waals surface area contributed by atoms with Crippen LogP contribution in [-0.4, -0.2) is 22.4 Å². The zero-order chi connectivity index (χ0) is 22.4. The van der Waals surface area contributed by atoms with Crippen LogP contribution in [-0.2, 0) is 4.79 Å². The first kappa shape index (κ1) is 22.9.